The number of amides is 1. The quantitative estimate of drug-likeness (QED) is 0.128. The van der Waals surface area contributed by atoms with Crippen LogP contribution in [0.3, 0.4) is 0 Å². The zero-order valence-electron chi connectivity index (χ0n) is 19.9. The molecule has 0 saturated heterocycles. The van der Waals surface area contributed by atoms with Gasteiger partial charge in [0.25, 0.3) is 5.91 Å². The Morgan fingerprint density at radius 1 is 0.919 bits per heavy atom. The number of hydrazone groups is 1. The summed E-state index contributed by atoms with van der Waals surface area (Å²) in [5, 5.41) is 24.1. The Bertz CT molecular complexity index is 1510. The van der Waals surface area contributed by atoms with E-state index >= 15 is 0 Å². The first kappa shape index (κ1) is 23.6. The van der Waals surface area contributed by atoms with Crippen LogP contribution in [-0.4, -0.2) is 28.0 Å². The normalized spacial score (nSPS) is 13.5. The van der Waals surface area contributed by atoms with Gasteiger partial charge in [-0.15, -0.1) is 0 Å². The van der Waals surface area contributed by atoms with Crippen LogP contribution in [0.2, 0.25) is 0 Å². The van der Waals surface area contributed by atoms with Crippen molar-refractivity contribution in [1.82, 2.24) is 0 Å². The molecule has 1 heterocycles. The lowest BCUT2D eigenvalue weighted by molar-refractivity contribution is -0.111. The number of nitrogens with one attached hydrogen (secondary N) is 1. The van der Waals surface area contributed by atoms with Crippen LogP contribution in [-0.2, 0) is 11.2 Å². The molecule has 1 aliphatic rings. The van der Waals surface area contributed by atoms with Gasteiger partial charge in [-0.1, -0.05) is 61.5 Å². The van der Waals surface area contributed by atoms with Crippen molar-refractivity contribution in [3.63, 3.8) is 0 Å². The number of carboxylic acid groups (broad SMARTS) is 1. The standard InChI is InChI=1S/C29H23N3O5/c1-2-18-10-14-20(15-11-18)32-25-9-4-3-6-23(25)26(28(32)34)31-30-24-8-5-7-22(27(24)33)19-12-16-21(17-13-19)37-29(35)36/h3-17,30,33H,2H2,1H3,(H,35,36). The number of phenolic OH excluding ortho intramolecular Hbond substituents is 1. The number of carbonyl (C=O) groups is 2. The number of hydrogen-bond acceptors (Lipinski definition) is 6. The van der Waals surface area contributed by atoms with E-state index in [0.717, 1.165) is 17.8 Å². The number of aryl methyl sites for hydroxylation is 1. The molecule has 0 unspecified atom stereocenters. The second-order valence-electron chi connectivity index (χ2n) is 8.34. The van der Waals surface area contributed by atoms with Crippen molar-refractivity contribution in [3.8, 4) is 22.6 Å². The Morgan fingerprint density at radius 3 is 2.32 bits per heavy atom. The Hall–Kier alpha value is -5.11. The monoisotopic (exact) mass is 493 g/mol. The van der Waals surface area contributed by atoms with Gasteiger partial charge < -0.3 is 14.9 Å². The summed E-state index contributed by atoms with van der Waals surface area (Å²) >= 11 is 0. The van der Waals surface area contributed by atoms with E-state index in [-0.39, 0.29) is 23.1 Å². The number of hydrogen-bond donors (Lipinski definition) is 3. The molecule has 0 aromatic heterocycles. The number of aromatic hydroxyl groups is 1. The molecule has 0 fully saturated rings. The summed E-state index contributed by atoms with van der Waals surface area (Å²) in [6, 6.07) is 26.7. The Balaban J connectivity index is 1.44. The maximum Gasteiger partial charge on any atom is 0.511 e. The number of fused-ring (bicyclic) bond motifs is 1. The molecule has 0 saturated carbocycles. The minimum absolute atomic E-state index is 0.0653. The number of carbonyl (C=O) groups excluding carboxylic acids is 1. The van der Waals surface area contributed by atoms with E-state index in [1.807, 2.05) is 48.5 Å². The first-order valence-corrected chi connectivity index (χ1v) is 11.7. The Kier molecular flexibility index (Phi) is 6.30. The van der Waals surface area contributed by atoms with Crippen LogP contribution >= 0.6 is 0 Å². The van der Waals surface area contributed by atoms with E-state index in [1.165, 1.54) is 17.7 Å². The molecule has 8 nitrogen and oxygen atoms in total. The van der Waals surface area contributed by atoms with Crippen molar-refractivity contribution in [3.05, 3.63) is 102 Å². The van der Waals surface area contributed by atoms with Crippen molar-refractivity contribution in [2.75, 3.05) is 10.3 Å². The maximum absolute atomic E-state index is 13.5. The summed E-state index contributed by atoms with van der Waals surface area (Å²) in [5.41, 5.74) is 7.90. The molecule has 0 atom stereocenters. The van der Waals surface area contributed by atoms with E-state index in [2.05, 4.69) is 22.2 Å². The molecular formula is C29H23N3O5. The third-order valence-electron chi connectivity index (χ3n) is 6.10. The SMILES string of the molecule is CCc1ccc(N2C(=O)C(=NNc3cccc(-c4ccc(OC(=O)O)cc4)c3O)c3ccccc32)cc1. The van der Waals surface area contributed by atoms with Gasteiger partial charge >= 0.3 is 6.16 Å². The third kappa shape index (κ3) is 4.60. The highest BCUT2D eigenvalue weighted by molar-refractivity contribution is 6.55. The summed E-state index contributed by atoms with van der Waals surface area (Å²) in [6.07, 6.45) is -0.495. The minimum Gasteiger partial charge on any atom is -0.505 e. The van der Waals surface area contributed by atoms with E-state index in [9.17, 15) is 14.7 Å². The molecule has 0 spiro atoms. The van der Waals surface area contributed by atoms with Gasteiger partial charge in [0, 0.05) is 16.8 Å². The van der Waals surface area contributed by atoms with Crippen LogP contribution in [0, 0.1) is 0 Å². The van der Waals surface area contributed by atoms with Gasteiger partial charge in [-0.25, -0.2) is 4.79 Å². The van der Waals surface area contributed by atoms with Gasteiger partial charge in [-0.05, 0) is 53.9 Å². The number of nitrogens with zero attached hydrogens (tertiary/aromatic N) is 2. The molecule has 0 bridgehead atoms. The predicted molar refractivity (Wildman–Crippen MR) is 142 cm³/mol. The van der Waals surface area contributed by atoms with Crippen molar-refractivity contribution in [2.45, 2.75) is 13.3 Å². The zero-order valence-corrected chi connectivity index (χ0v) is 19.9. The van der Waals surface area contributed by atoms with Gasteiger partial charge in [0.2, 0.25) is 0 Å². The molecule has 8 heteroatoms. The largest absolute Gasteiger partial charge is 0.511 e. The lowest BCUT2D eigenvalue weighted by Gasteiger charge is -2.17. The van der Waals surface area contributed by atoms with E-state index < -0.39 is 6.16 Å². The molecular weight excluding hydrogens is 470 g/mol. The van der Waals surface area contributed by atoms with Crippen molar-refractivity contribution in [2.24, 2.45) is 5.10 Å². The van der Waals surface area contributed by atoms with Gasteiger partial charge in [0.05, 0.1) is 11.4 Å². The zero-order chi connectivity index (χ0) is 25.9. The number of benzene rings is 4. The van der Waals surface area contributed by atoms with Gasteiger partial charge in [-0.2, -0.15) is 5.10 Å². The third-order valence-corrected chi connectivity index (χ3v) is 6.10. The molecule has 0 aliphatic carbocycles. The molecule has 0 radical (unpaired) electrons. The fourth-order valence-electron chi connectivity index (χ4n) is 4.23. The number of para-hydroxylation sites is 2. The summed E-state index contributed by atoms with van der Waals surface area (Å²) in [7, 11) is 0. The lowest BCUT2D eigenvalue weighted by Crippen LogP contribution is -2.26. The van der Waals surface area contributed by atoms with Gasteiger partial charge in [0.1, 0.15) is 11.5 Å². The minimum atomic E-state index is -1.40. The summed E-state index contributed by atoms with van der Waals surface area (Å²) in [6.45, 7) is 2.08. The lowest BCUT2D eigenvalue weighted by atomic mass is 10.0. The smallest absolute Gasteiger partial charge is 0.505 e. The van der Waals surface area contributed by atoms with Crippen LogP contribution in [0.4, 0.5) is 21.9 Å². The van der Waals surface area contributed by atoms with Gasteiger partial charge in [0.15, 0.2) is 5.71 Å². The summed E-state index contributed by atoms with van der Waals surface area (Å²) < 4.78 is 4.63. The first-order valence-electron chi connectivity index (χ1n) is 11.7. The molecule has 3 N–H and O–H groups in total. The number of rotatable bonds is 6. The maximum atomic E-state index is 13.5. The molecule has 4 aromatic rings. The molecule has 37 heavy (non-hydrogen) atoms. The highest BCUT2D eigenvalue weighted by Gasteiger charge is 2.35. The van der Waals surface area contributed by atoms with Crippen LogP contribution in [0.25, 0.3) is 11.1 Å². The average molecular weight is 494 g/mol. The number of ether oxygens (including phenoxy) is 1. The molecule has 1 aliphatic heterocycles. The second-order valence-corrected chi connectivity index (χ2v) is 8.34. The number of phenols is 1. The number of anilines is 3. The summed E-state index contributed by atoms with van der Waals surface area (Å²) in [4.78, 5) is 25.8. The Morgan fingerprint density at radius 2 is 1.62 bits per heavy atom. The fraction of sp³-hybridized carbons (Fsp3) is 0.0690. The van der Waals surface area contributed by atoms with E-state index in [0.29, 0.717) is 22.4 Å². The van der Waals surface area contributed by atoms with E-state index in [1.54, 1.807) is 35.2 Å². The molecule has 184 valence electrons. The average Bonchev–Trinajstić information content (AvgIpc) is 3.19. The van der Waals surface area contributed by atoms with Crippen molar-refractivity contribution < 1.29 is 24.5 Å². The van der Waals surface area contributed by atoms with Crippen LogP contribution < -0.4 is 15.1 Å². The van der Waals surface area contributed by atoms with Crippen LogP contribution in [0.1, 0.15) is 18.1 Å². The second kappa shape index (κ2) is 9.87. The van der Waals surface area contributed by atoms with Crippen LogP contribution in [0.5, 0.6) is 11.5 Å². The molecule has 5 rings (SSSR count). The summed E-state index contributed by atoms with van der Waals surface area (Å²) in [5.74, 6) is -0.171. The highest BCUT2D eigenvalue weighted by atomic mass is 16.7. The van der Waals surface area contributed by atoms with Crippen LogP contribution in [0.15, 0.2) is 96.1 Å². The fourth-order valence-corrected chi connectivity index (χ4v) is 4.23. The van der Waals surface area contributed by atoms with E-state index in [4.69, 9.17) is 5.11 Å². The van der Waals surface area contributed by atoms with Crippen molar-refractivity contribution >= 4 is 34.8 Å². The first-order chi connectivity index (χ1) is 18.0. The highest BCUT2D eigenvalue weighted by Crippen LogP contribution is 2.38. The molecule has 1 amide bonds. The predicted octanol–water partition coefficient (Wildman–Crippen LogP) is 6.17. The topological polar surface area (TPSA) is 111 Å². The van der Waals surface area contributed by atoms with Gasteiger partial charge in [-0.3, -0.25) is 15.1 Å². The van der Waals surface area contributed by atoms with Crippen molar-refractivity contribution in [1.29, 1.82) is 0 Å². The Labute approximate surface area is 213 Å². The molecule has 4 aromatic carbocycles.